The zero-order chi connectivity index (χ0) is 18.3. The van der Waals surface area contributed by atoms with Crippen molar-refractivity contribution in [1.82, 2.24) is 19.7 Å². The van der Waals surface area contributed by atoms with Crippen molar-refractivity contribution in [3.8, 4) is 12.3 Å². The number of carbonyl (C=O) groups excluding carboxylic acids is 1. The molecule has 1 fully saturated rings. The van der Waals surface area contributed by atoms with Gasteiger partial charge in [-0.15, -0.1) is 6.42 Å². The normalized spacial score (nSPS) is 14.2. The quantitative estimate of drug-likeness (QED) is 0.734. The summed E-state index contributed by atoms with van der Waals surface area (Å²) in [6.45, 7) is 1.21. The molecular formula is C19H16FN5O. The van der Waals surface area contributed by atoms with Crippen LogP contribution in [-0.4, -0.2) is 38.7 Å². The van der Waals surface area contributed by atoms with Gasteiger partial charge in [0, 0.05) is 30.8 Å². The van der Waals surface area contributed by atoms with Gasteiger partial charge in [0.25, 0.3) is 5.91 Å². The molecule has 1 amide bonds. The van der Waals surface area contributed by atoms with Crippen LogP contribution in [0.5, 0.6) is 0 Å². The van der Waals surface area contributed by atoms with Crippen molar-refractivity contribution in [2.45, 2.75) is 12.5 Å². The number of likely N-dealkylation sites (tertiary alicyclic amines) is 1. The number of terminal acetylenes is 1. The maximum atomic E-state index is 14.4. The molecule has 7 heteroatoms. The van der Waals surface area contributed by atoms with E-state index in [9.17, 15) is 9.18 Å². The van der Waals surface area contributed by atoms with E-state index in [-0.39, 0.29) is 24.2 Å². The first kappa shape index (κ1) is 16.1. The summed E-state index contributed by atoms with van der Waals surface area (Å²) < 4.78 is 16.0. The monoisotopic (exact) mass is 349 g/mol. The van der Waals surface area contributed by atoms with E-state index in [1.165, 1.54) is 12.3 Å². The Kier molecular flexibility index (Phi) is 3.81. The minimum atomic E-state index is -0.326. The predicted molar refractivity (Wildman–Crippen MR) is 95.8 cm³/mol. The second kappa shape index (κ2) is 6.15. The molecule has 1 aliphatic rings. The van der Waals surface area contributed by atoms with Gasteiger partial charge < -0.3 is 10.6 Å². The summed E-state index contributed by atoms with van der Waals surface area (Å²) in [4.78, 5) is 18.1. The van der Waals surface area contributed by atoms with Crippen LogP contribution in [0.1, 0.15) is 22.0 Å². The van der Waals surface area contributed by atoms with Crippen molar-refractivity contribution in [2.24, 2.45) is 0 Å². The van der Waals surface area contributed by atoms with Gasteiger partial charge in [0.2, 0.25) is 0 Å². The van der Waals surface area contributed by atoms with Crippen LogP contribution in [0.25, 0.3) is 10.9 Å². The summed E-state index contributed by atoms with van der Waals surface area (Å²) >= 11 is 0. The van der Waals surface area contributed by atoms with Crippen LogP contribution in [0, 0.1) is 18.2 Å². The van der Waals surface area contributed by atoms with Crippen molar-refractivity contribution >= 4 is 22.6 Å². The molecule has 0 spiro atoms. The Balaban J connectivity index is 1.59. The number of hydrogen-bond donors (Lipinski definition) is 1. The second-order valence-electron chi connectivity index (χ2n) is 6.26. The van der Waals surface area contributed by atoms with Crippen LogP contribution >= 0.6 is 0 Å². The highest BCUT2D eigenvalue weighted by atomic mass is 19.1. The first-order valence-electron chi connectivity index (χ1n) is 8.17. The molecule has 4 rings (SSSR count). The van der Waals surface area contributed by atoms with E-state index < -0.39 is 0 Å². The van der Waals surface area contributed by atoms with Gasteiger partial charge in [0.15, 0.2) is 0 Å². The van der Waals surface area contributed by atoms with Crippen molar-refractivity contribution < 1.29 is 9.18 Å². The number of halogens is 1. The number of pyridine rings is 1. The third-order valence-corrected chi connectivity index (χ3v) is 4.58. The lowest BCUT2D eigenvalue weighted by molar-refractivity contribution is 0.0599. The topological polar surface area (TPSA) is 77.0 Å². The molecule has 2 aromatic heterocycles. The van der Waals surface area contributed by atoms with Crippen molar-refractivity contribution in [1.29, 1.82) is 0 Å². The maximum Gasteiger partial charge on any atom is 0.254 e. The Labute approximate surface area is 149 Å². The largest absolute Gasteiger partial charge is 0.384 e. The molecule has 2 N–H and O–H groups in total. The van der Waals surface area contributed by atoms with Gasteiger partial charge in [-0.3, -0.25) is 9.48 Å². The lowest BCUT2D eigenvalue weighted by atomic mass is 9.93. The van der Waals surface area contributed by atoms with Gasteiger partial charge in [-0.05, 0) is 24.3 Å². The molecule has 0 radical (unpaired) electrons. The molecule has 0 bridgehead atoms. The van der Waals surface area contributed by atoms with E-state index in [1.54, 1.807) is 33.8 Å². The molecule has 6 nitrogen and oxygen atoms in total. The Morgan fingerprint density at radius 2 is 2.19 bits per heavy atom. The van der Waals surface area contributed by atoms with E-state index in [0.717, 1.165) is 0 Å². The summed E-state index contributed by atoms with van der Waals surface area (Å²) in [5.74, 6) is 2.35. The fourth-order valence-electron chi connectivity index (χ4n) is 3.29. The molecular weight excluding hydrogens is 333 g/mol. The number of nitrogens with two attached hydrogens (primary N) is 1. The number of hydrogen-bond acceptors (Lipinski definition) is 4. The maximum absolute atomic E-state index is 14.4. The van der Waals surface area contributed by atoms with E-state index in [0.29, 0.717) is 41.1 Å². The molecule has 1 saturated heterocycles. The van der Waals surface area contributed by atoms with Gasteiger partial charge in [-0.1, -0.05) is 12.0 Å². The molecule has 3 heterocycles. The van der Waals surface area contributed by atoms with Crippen LogP contribution in [0.2, 0.25) is 0 Å². The number of carbonyl (C=O) groups is 1. The third kappa shape index (κ3) is 2.56. The highest BCUT2D eigenvalue weighted by Gasteiger charge is 2.36. The van der Waals surface area contributed by atoms with Crippen LogP contribution in [0.3, 0.4) is 0 Å². The van der Waals surface area contributed by atoms with Gasteiger partial charge in [0.05, 0.1) is 16.6 Å². The first-order chi connectivity index (χ1) is 12.6. The van der Waals surface area contributed by atoms with Gasteiger partial charge >= 0.3 is 0 Å². The summed E-state index contributed by atoms with van der Waals surface area (Å²) in [7, 11) is 0. The SMILES string of the molecule is C#CCn1nc(C2CN(C(=O)c3ccnc(N)c3)C2)c2c(F)cccc21. The minimum absolute atomic E-state index is 0.0310. The van der Waals surface area contributed by atoms with E-state index in [4.69, 9.17) is 12.2 Å². The van der Waals surface area contributed by atoms with Crippen molar-refractivity contribution in [2.75, 3.05) is 18.8 Å². The second-order valence-corrected chi connectivity index (χ2v) is 6.26. The fraction of sp³-hybridized carbons (Fsp3) is 0.211. The summed E-state index contributed by atoms with van der Waals surface area (Å²) in [5, 5.41) is 4.99. The molecule has 0 aliphatic carbocycles. The number of benzene rings is 1. The third-order valence-electron chi connectivity index (χ3n) is 4.58. The van der Waals surface area contributed by atoms with Crippen LogP contribution < -0.4 is 5.73 Å². The lowest BCUT2D eigenvalue weighted by Gasteiger charge is -2.38. The molecule has 1 aromatic carbocycles. The standard InChI is InChI=1S/C19H16FN5O/c1-2-8-25-15-5-3-4-14(20)17(15)18(23-25)13-10-24(11-13)19(26)12-6-7-22-16(21)9-12/h1,3-7,9,13H,8,10-11H2,(H2,21,22). The highest BCUT2D eigenvalue weighted by Crippen LogP contribution is 2.34. The molecule has 3 aromatic rings. The van der Waals surface area contributed by atoms with Gasteiger partial charge in [-0.25, -0.2) is 9.37 Å². The van der Waals surface area contributed by atoms with E-state index >= 15 is 0 Å². The summed E-state index contributed by atoms with van der Waals surface area (Å²) in [5.41, 5.74) is 7.44. The Bertz CT molecular complexity index is 1050. The highest BCUT2D eigenvalue weighted by molar-refractivity contribution is 5.95. The molecule has 0 saturated carbocycles. The molecule has 0 unspecified atom stereocenters. The Morgan fingerprint density at radius 1 is 1.38 bits per heavy atom. The van der Waals surface area contributed by atoms with Crippen molar-refractivity contribution in [3.05, 3.63) is 53.6 Å². The Hall–Kier alpha value is -3.40. The lowest BCUT2D eigenvalue weighted by Crippen LogP contribution is -2.48. The number of anilines is 1. The zero-order valence-corrected chi connectivity index (χ0v) is 13.9. The number of nitrogen functional groups attached to an aromatic ring is 1. The van der Waals surface area contributed by atoms with Crippen LogP contribution in [0.15, 0.2) is 36.5 Å². The smallest absolute Gasteiger partial charge is 0.254 e. The average Bonchev–Trinajstić information content (AvgIpc) is 2.94. The van der Waals surface area contributed by atoms with Gasteiger partial charge in [0.1, 0.15) is 18.2 Å². The molecule has 0 atom stereocenters. The number of nitrogens with zero attached hydrogens (tertiary/aromatic N) is 4. The molecule has 130 valence electrons. The number of fused-ring (bicyclic) bond motifs is 1. The summed E-state index contributed by atoms with van der Waals surface area (Å²) in [6, 6.07) is 8.03. The van der Waals surface area contributed by atoms with E-state index in [2.05, 4.69) is 16.0 Å². The number of aromatic nitrogens is 3. The number of amides is 1. The van der Waals surface area contributed by atoms with Crippen molar-refractivity contribution in [3.63, 3.8) is 0 Å². The first-order valence-corrected chi connectivity index (χ1v) is 8.17. The van der Waals surface area contributed by atoms with Gasteiger partial charge in [-0.2, -0.15) is 5.10 Å². The summed E-state index contributed by atoms with van der Waals surface area (Å²) in [6.07, 6.45) is 6.89. The zero-order valence-electron chi connectivity index (χ0n) is 13.9. The van der Waals surface area contributed by atoms with E-state index in [1.807, 2.05) is 0 Å². The van der Waals surface area contributed by atoms with Crippen LogP contribution in [-0.2, 0) is 6.54 Å². The molecule has 1 aliphatic heterocycles. The molecule has 26 heavy (non-hydrogen) atoms. The number of rotatable bonds is 3. The predicted octanol–water partition coefficient (Wildman–Crippen LogP) is 2.03. The fourth-order valence-corrected chi connectivity index (χ4v) is 3.29. The average molecular weight is 349 g/mol. The minimum Gasteiger partial charge on any atom is -0.384 e. The Morgan fingerprint density at radius 3 is 2.92 bits per heavy atom. The van der Waals surface area contributed by atoms with Crippen LogP contribution in [0.4, 0.5) is 10.2 Å².